The summed E-state index contributed by atoms with van der Waals surface area (Å²) in [6, 6.07) is 0. The van der Waals surface area contributed by atoms with Gasteiger partial charge in [-0.05, 0) is 12.8 Å². The number of hydrogen-bond acceptors (Lipinski definition) is 4. The van der Waals surface area contributed by atoms with E-state index in [0.717, 1.165) is 25.8 Å². The van der Waals surface area contributed by atoms with Gasteiger partial charge < -0.3 is 10.2 Å². The molecular weight excluding hydrogens is 180 g/mol. The lowest BCUT2D eigenvalue weighted by molar-refractivity contribution is 0.282. The normalized spacial score (nSPS) is 11.3. The minimum absolute atomic E-state index is 0.0880. The minimum Gasteiger partial charge on any atom is -0.396 e. The van der Waals surface area contributed by atoms with Crippen molar-refractivity contribution < 1.29 is 10.2 Å². The van der Waals surface area contributed by atoms with Crippen molar-refractivity contribution in [2.24, 2.45) is 10.2 Å². The fourth-order valence-electron chi connectivity index (χ4n) is 1.19. The third kappa shape index (κ3) is 11.5. The summed E-state index contributed by atoms with van der Waals surface area (Å²) in [4.78, 5) is 0. The van der Waals surface area contributed by atoms with Crippen molar-refractivity contribution in [3.63, 3.8) is 0 Å². The number of aliphatic hydroxyl groups is 2. The molecular formula is C10H22N2O2. The number of aliphatic hydroxyl groups excluding tert-OH is 2. The molecule has 0 aliphatic rings. The Morgan fingerprint density at radius 3 is 1.79 bits per heavy atom. The molecule has 0 saturated carbocycles. The van der Waals surface area contributed by atoms with Gasteiger partial charge in [0.15, 0.2) is 0 Å². The van der Waals surface area contributed by atoms with Crippen LogP contribution in [-0.2, 0) is 0 Å². The van der Waals surface area contributed by atoms with Gasteiger partial charge in [0.1, 0.15) is 0 Å². The molecule has 0 fully saturated rings. The third-order valence-electron chi connectivity index (χ3n) is 1.97. The van der Waals surface area contributed by atoms with E-state index in [0.29, 0.717) is 13.2 Å². The van der Waals surface area contributed by atoms with Gasteiger partial charge >= 0.3 is 0 Å². The van der Waals surface area contributed by atoms with Crippen LogP contribution in [0.15, 0.2) is 10.2 Å². The molecule has 0 aromatic heterocycles. The highest BCUT2D eigenvalue weighted by Crippen LogP contribution is 2.04. The average Bonchev–Trinajstić information content (AvgIpc) is 2.21. The van der Waals surface area contributed by atoms with Gasteiger partial charge in [-0.15, -0.1) is 0 Å². The second-order valence-electron chi connectivity index (χ2n) is 3.30. The van der Waals surface area contributed by atoms with Gasteiger partial charge in [-0.3, -0.25) is 0 Å². The van der Waals surface area contributed by atoms with Crippen LogP contribution in [0.3, 0.4) is 0 Å². The Balaban J connectivity index is 2.91. The quantitative estimate of drug-likeness (QED) is 0.419. The van der Waals surface area contributed by atoms with Crippen LogP contribution in [0.1, 0.15) is 38.5 Å². The Hall–Kier alpha value is -0.480. The van der Waals surface area contributed by atoms with Crippen LogP contribution in [0, 0.1) is 0 Å². The van der Waals surface area contributed by atoms with Gasteiger partial charge in [-0.25, -0.2) is 0 Å². The second-order valence-corrected chi connectivity index (χ2v) is 3.30. The van der Waals surface area contributed by atoms with Crippen LogP contribution in [-0.4, -0.2) is 36.5 Å². The zero-order chi connectivity index (χ0) is 10.5. The molecule has 0 aliphatic heterocycles. The first-order valence-electron chi connectivity index (χ1n) is 5.46. The molecule has 0 aromatic rings. The van der Waals surface area contributed by atoms with Gasteiger partial charge in [-0.1, -0.05) is 25.7 Å². The van der Waals surface area contributed by atoms with E-state index < -0.39 is 0 Å². The zero-order valence-electron chi connectivity index (χ0n) is 8.86. The topological polar surface area (TPSA) is 65.2 Å². The van der Waals surface area contributed by atoms with E-state index in [1.807, 2.05) is 0 Å². The Kier molecular flexibility index (Phi) is 12.1. The molecule has 0 atom stereocenters. The van der Waals surface area contributed by atoms with E-state index >= 15 is 0 Å². The molecule has 0 saturated heterocycles. The summed E-state index contributed by atoms with van der Waals surface area (Å²) in [7, 11) is 0. The summed E-state index contributed by atoms with van der Waals surface area (Å²) >= 11 is 0. The molecule has 0 aliphatic carbocycles. The zero-order valence-corrected chi connectivity index (χ0v) is 8.86. The molecule has 0 bridgehead atoms. The maximum Gasteiger partial charge on any atom is 0.0830 e. The van der Waals surface area contributed by atoms with Crippen molar-refractivity contribution in [1.82, 2.24) is 0 Å². The molecule has 0 radical (unpaired) electrons. The molecule has 0 heterocycles. The Labute approximate surface area is 86.1 Å². The van der Waals surface area contributed by atoms with E-state index in [4.69, 9.17) is 10.2 Å². The highest BCUT2D eigenvalue weighted by atomic mass is 16.3. The molecule has 0 unspecified atom stereocenters. The van der Waals surface area contributed by atoms with Gasteiger partial charge in [0.25, 0.3) is 0 Å². The van der Waals surface area contributed by atoms with Gasteiger partial charge in [-0.2, -0.15) is 10.2 Å². The monoisotopic (exact) mass is 202 g/mol. The number of azo groups is 1. The van der Waals surface area contributed by atoms with Crippen LogP contribution < -0.4 is 0 Å². The number of rotatable bonds is 10. The van der Waals surface area contributed by atoms with Crippen molar-refractivity contribution in [2.45, 2.75) is 38.5 Å². The summed E-state index contributed by atoms with van der Waals surface area (Å²) in [5.74, 6) is 0. The minimum atomic E-state index is 0.0880. The molecule has 0 amide bonds. The smallest absolute Gasteiger partial charge is 0.0830 e. The highest BCUT2D eigenvalue weighted by Gasteiger charge is 1.89. The predicted octanol–water partition coefficient (Wildman–Crippen LogP) is 1.76. The van der Waals surface area contributed by atoms with E-state index in [9.17, 15) is 0 Å². The van der Waals surface area contributed by atoms with Crippen molar-refractivity contribution in [1.29, 1.82) is 0 Å². The standard InChI is InChI=1S/C10H22N2O2/c13-9-6-4-2-1-3-5-7-11-12-8-10-14/h13-14H,1-10H2. The Morgan fingerprint density at radius 1 is 0.571 bits per heavy atom. The maximum absolute atomic E-state index is 8.54. The van der Waals surface area contributed by atoms with Gasteiger partial charge in [0.2, 0.25) is 0 Å². The first-order chi connectivity index (χ1) is 6.91. The van der Waals surface area contributed by atoms with Gasteiger partial charge in [0, 0.05) is 6.61 Å². The number of hydrogen-bond donors (Lipinski definition) is 2. The molecule has 2 N–H and O–H groups in total. The van der Waals surface area contributed by atoms with E-state index in [-0.39, 0.29) is 6.61 Å². The van der Waals surface area contributed by atoms with Crippen LogP contribution in [0.25, 0.3) is 0 Å². The fraction of sp³-hybridized carbons (Fsp3) is 1.00. The van der Waals surface area contributed by atoms with E-state index in [2.05, 4.69) is 10.2 Å². The summed E-state index contributed by atoms with van der Waals surface area (Å²) in [6.07, 6.45) is 6.74. The van der Waals surface area contributed by atoms with Crippen molar-refractivity contribution in [3.05, 3.63) is 0 Å². The molecule has 14 heavy (non-hydrogen) atoms. The lowest BCUT2D eigenvalue weighted by atomic mass is 10.1. The Morgan fingerprint density at radius 2 is 1.14 bits per heavy atom. The van der Waals surface area contributed by atoms with E-state index in [1.54, 1.807) is 0 Å². The Bertz CT molecular complexity index is 129. The summed E-state index contributed by atoms with van der Waals surface area (Å²) < 4.78 is 0. The molecule has 0 spiro atoms. The summed E-state index contributed by atoms with van der Waals surface area (Å²) in [5, 5.41) is 24.7. The first kappa shape index (κ1) is 13.5. The second kappa shape index (κ2) is 12.5. The first-order valence-corrected chi connectivity index (χ1v) is 5.46. The number of nitrogens with zero attached hydrogens (tertiary/aromatic N) is 2. The van der Waals surface area contributed by atoms with Crippen LogP contribution in [0.5, 0.6) is 0 Å². The van der Waals surface area contributed by atoms with Crippen LogP contribution >= 0.6 is 0 Å². The van der Waals surface area contributed by atoms with Crippen molar-refractivity contribution >= 4 is 0 Å². The summed E-state index contributed by atoms with van der Waals surface area (Å²) in [5.41, 5.74) is 0. The molecule has 84 valence electrons. The largest absolute Gasteiger partial charge is 0.396 e. The average molecular weight is 202 g/mol. The lowest BCUT2D eigenvalue weighted by Gasteiger charge is -1.98. The molecule has 4 heteroatoms. The van der Waals surface area contributed by atoms with Crippen molar-refractivity contribution in [3.8, 4) is 0 Å². The van der Waals surface area contributed by atoms with Gasteiger partial charge in [0.05, 0.1) is 19.7 Å². The van der Waals surface area contributed by atoms with Crippen LogP contribution in [0.4, 0.5) is 0 Å². The third-order valence-corrected chi connectivity index (χ3v) is 1.97. The number of unbranched alkanes of at least 4 members (excludes halogenated alkanes) is 5. The SMILES string of the molecule is OCCCCCCCCN=NCCO. The highest BCUT2D eigenvalue weighted by molar-refractivity contribution is 4.47. The molecule has 4 nitrogen and oxygen atoms in total. The van der Waals surface area contributed by atoms with Crippen LogP contribution in [0.2, 0.25) is 0 Å². The predicted molar refractivity (Wildman–Crippen MR) is 56.5 cm³/mol. The lowest BCUT2D eigenvalue weighted by Crippen LogP contribution is -1.87. The van der Waals surface area contributed by atoms with Crippen molar-refractivity contribution in [2.75, 3.05) is 26.3 Å². The maximum atomic E-state index is 8.54. The molecule has 0 aromatic carbocycles. The summed E-state index contributed by atoms with van der Waals surface area (Å²) in [6.45, 7) is 1.61. The fourth-order valence-corrected chi connectivity index (χ4v) is 1.19. The molecule has 0 rings (SSSR count). The van der Waals surface area contributed by atoms with E-state index in [1.165, 1.54) is 19.3 Å².